The SMILES string of the molecule is CNC.c1cc2c(c(-c3ccno3)c1)CCOC2. The van der Waals surface area contributed by atoms with Crippen molar-refractivity contribution in [1.29, 1.82) is 0 Å². The van der Waals surface area contributed by atoms with Gasteiger partial charge < -0.3 is 14.6 Å². The Morgan fingerprint density at radius 3 is 2.78 bits per heavy atom. The number of hydrogen-bond donors (Lipinski definition) is 1. The summed E-state index contributed by atoms with van der Waals surface area (Å²) in [7, 11) is 3.75. The first kappa shape index (κ1) is 12.8. The van der Waals surface area contributed by atoms with Crippen molar-refractivity contribution in [3.63, 3.8) is 0 Å². The van der Waals surface area contributed by atoms with Crippen molar-refractivity contribution in [1.82, 2.24) is 10.5 Å². The van der Waals surface area contributed by atoms with Crippen molar-refractivity contribution in [2.45, 2.75) is 13.0 Å². The van der Waals surface area contributed by atoms with Gasteiger partial charge in [0.25, 0.3) is 0 Å². The second-order valence-electron chi connectivity index (χ2n) is 4.12. The summed E-state index contributed by atoms with van der Waals surface area (Å²) < 4.78 is 10.6. The van der Waals surface area contributed by atoms with Crippen LogP contribution in [0.3, 0.4) is 0 Å². The van der Waals surface area contributed by atoms with Crippen molar-refractivity contribution in [3.05, 3.63) is 41.6 Å². The molecule has 0 fully saturated rings. The molecule has 18 heavy (non-hydrogen) atoms. The normalized spacial score (nSPS) is 13.4. The molecule has 1 aliphatic rings. The number of fused-ring (bicyclic) bond motifs is 1. The molecule has 1 aromatic carbocycles. The van der Waals surface area contributed by atoms with E-state index in [0.29, 0.717) is 6.61 Å². The van der Waals surface area contributed by atoms with Gasteiger partial charge in [-0.05, 0) is 31.6 Å². The highest BCUT2D eigenvalue weighted by Crippen LogP contribution is 2.28. The fraction of sp³-hybridized carbons (Fsp3) is 0.357. The van der Waals surface area contributed by atoms with E-state index in [1.807, 2.05) is 26.2 Å². The molecule has 0 atom stereocenters. The molecule has 0 saturated heterocycles. The first-order valence-electron chi connectivity index (χ1n) is 6.05. The molecule has 2 aromatic rings. The zero-order chi connectivity index (χ0) is 12.8. The Morgan fingerprint density at radius 2 is 2.06 bits per heavy atom. The van der Waals surface area contributed by atoms with Crippen LogP contribution in [-0.4, -0.2) is 25.9 Å². The van der Waals surface area contributed by atoms with Gasteiger partial charge in [-0.2, -0.15) is 0 Å². The summed E-state index contributed by atoms with van der Waals surface area (Å²) in [6.45, 7) is 1.50. The first-order chi connectivity index (χ1) is 8.86. The van der Waals surface area contributed by atoms with Gasteiger partial charge in [0.1, 0.15) is 0 Å². The third kappa shape index (κ3) is 2.78. The molecule has 4 nitrogen and oxygen atoms in total. The monoisotopic (exact) mass is 246 g/mol. The lowest BCUT2D eigenvalue weighted by molar-refractivity contribution is 0.111. The maximum absolute atomic E-state index is 5.42. The third-order valence-corrected chi connectivity index (χ3v) is 2.73. The molecule has 96 valence electrons. The van der Waals surface area contributed by atoms with Crippen molar-refractivity contribution in [2.24, 2.45) is 0 Å². The van der Waals surface area contributed by atoms with E-state index in [9.17, 15) is 0 Å². The smallest absolute Gasteiger partial charge is 0.167 e. The van der Waals surface area contributed by atoms with Gasteiger partial charge in [-0.25, -0.2) is 0 Å². The van der Waals surface area contributed by atoms with E-state index in [2.05, 4.69) is 22.6 Å². The number of nitrogens with zero attached hydrogens (tertiary/aromatic N) is 1. The summed E-state index contributed by atoms with van der Waals surface area (Å²) in [5.74, 6) is 0.841. The van der Waals surface area contributed by atoms with Crippen LogP contribution in [0.5, 0.6) is 0 Å². The molecule has 3 rings (SSSR count). The summed E-state index contributed by atoms with van der Waals surface area (Å²) in [6, 6.07) is 8.11. The average molecular weight is 246 g/mol. The highest BCUT2D eigenvalue weighted by atomic mass is 16.5. The Bertz CT molecular complexity index is 481. The van der Waals surface area contributed by atoms with Crippen LogP contribution in [0.2, 0.25) is 0 Å². The molecule has 0 unspecified atom stereocenters. The molecule has 0 aliphatic carbocycles. The van der Waals surface area contributed by atoms with Gasteiger partial charge in [-0.1, -0.05) is 23.4 Å². The number of hydrogen-bond acceptors (Lipinski definition) is 4. The number of rotatable bonds is 1. The van der Waals surface area contributed by atoms with Crippen LogP contribution in [0.25, 0.3) is 11.3 Å². The van der Waals surface area contributed by atoms with Crippen molar-refractivity contribution >= 4 is 0 Å². The second kappa shape index (κ2) is 6.33. The highest BCUT2D eigenvalue weighted by Gasteiger charge is 2.15. The Kier molecular flexibility index (Phi) is 4.50. The van der Waals surface area contributed by atoms with Crippen molar-refractivity contribution < 1.29 is 9.26 Å². The molecule has 1 N–H and O–H groups in total. The van der Waals surface area contributed by atoms with Crippen molar-refractivity contribution in [2.75, 3.05) is 20.7 Å². The zero-order valence-corrected chi connectivity index (χ0v) is 10.8. The van der Waals surface area contributed by atoms with E-state index in [4.69, 9.17) is 9.26 Å². The van der Waals surface area contributed by atoms with Gasteiger partial charge >= 0.3 is 0 Å². The minimum atomic E-state index is 0.706. The largest absolute Gasteiger partial charge is 0.376 e. The fourth-order valence-corrected chi connectivity index (χ4v) is 2.01. The minimum Gasteiger partial charge on any atom is -0.376 e. The van der Waals surface area contributed by atoms with Gasteiger partial charge in [0, 0.05) is 11.6 Å². The molecular weight excluding hydrogens is 228 g/mol. The molecule has 2 heterocycles. The molecule has 0 saturated carbocycles. The van der Waals surface area contributed by atoms with Gasteiger partial charge in [0.05, 0.1) is 19.4 Å². The van der Waals surface area contributed by atoms with Gasteiger partial charge in [-0.15, -0.1) is 0 Å². The summed E-state index contributed by atoms with van der Waals surface area (Å²) in [4.78, 5) is 0. The topological polar surface area (TPSA) is 47.3 Å². The Hall–Kier alpha value is -1.65. The van der Waals surface area contributed by atoms with Crippen LogP contribution in [0.4, 0.5) is 0 Å². The van der Waals surface area contributed by atoms with E-state index in [-0.39, 0.29) is 0 Å². The molecule has 1 aromatic heterocycles. The van der Waals surface area contributed by atoms with Crippen LogP contribution >= 0.6 is 0 Å². The molecule has 4 heteroatoms. The van der Waals surface area contributed by atoms with Crippen LogP contribution in [0.1, 0.15) is 11.1 Å². The summed E-state index contributed by atoms with van der Waals surface area (Å²) in [5, 5.41) is 6.49. The molecule has 0 radical (unpaired) electrons. The standard InChI is InChI=1S/C12H11NO2.C2H7N/c1-2-9-8-14-7-5-10(9)11(3-1)12-4-6-13-15-12;1-3-2/h1-4,6H,5,7-8H2;3H,1-2H3. The van der Waals surface area contributed by atoms with Crippen LogP contribution in [0.15, 0.2) is 35.0 Å². The van der Waals surface area contributed by atoms with Gasteiger partial charge in [-0.3, -0.25) is 0 Å². The molecule has 0 spiro atoms. The maximum atomic E-state index is 5.42. The van der Waals surface area contributed by atoms with E-state index >= 15 is 0 Å². The van der Waals surface area contributed by atoms with Crippen LogP contribution in [-0.2, 0) is 17.8 Å². The van der Waals surface area contributed by atoms with Gasteiger partial charge in [0.2, 0.25) is 0 Å². The van der Waals surface area contributed by atoms with Gasteiger partial charge in [0.15, 0.2) is 5.76 Å². The van der Waals surface area contributed by atoms with Crippen molar-refractivity contribution in [3.8, 4) is 11.3 Å². The number of ether oxygens (including phenoxy) is 1. The number of aromatic nitrogens is 1. The molecule has 1 aliphatic heterocycles. The average Bonchev–Trinajstić information content (AvgIpc) is 2.93. The summed E-state index contributed by atoms with van der Waals surface area (Å²) in [5.41, 5.74) is 3.74. The minimum absolute atomic E-state index is 0.706. The van der Waals surface area contributed by atoms with Crippen LogP contribution in [0, 0.1) is 0 Å². The lowest BCUT2D eigenvalue weighted by Crippen LogP contribution is -2.10. The maximum Gasteiger partial charge on any atom is 0.167 e. The summed E-state index contributed by atoms with van der Waals surface area (Å²) in [6.07, 6.45) is 2.63. The molecular formula is C14H18N2O2. The Balaban J connectivity index is 0.000000367. The molecule has 0 bridgehead atoms. The Morgan fingerprint density at radius 1 is 1.22 bits per heavy atom. The third-order valence-electron chi connectivity index (χ3n) is 2.73. The fourth-order valence-electron chi connectivity index (χ4n) is 2.01. The molecule has 0 amide bonds. The van der Waals surface area contributed by atoms with E-state index in [1.54, 1.807) is 6.20 Å². The number of nitrogens with one attached hydrogen (secondary N) is 1. The van der Waals surface area contributed by atoms with E-state index in [0.717, 1.165) is 24.4 Å². The summed E-state index contributed by atoms with van der Waals surface area (Å²) >= 11 is 0. The number of benzene rings is 1. The second-order valence-corrected chi connectivity index (χ2v) is 4.12. The lowest BCUT2D eigenvalue weighted by atomic mass is 9.96. The quantitative estimate of drug-likeness (QED) is 0.838. The van der Waals surface area contributed by atoms with E-state index < -0.39 is 0 Å². The van der Waals surface area contributed by atoms with E-state index in [1.165, 1.54) is 11.1 Å². The predicted molar refractivity (Wildman–Crippen MR) is 70.3 cm³/mol. The first-order valence-corrected chi connectivity index (χ1v) is 6.05. The zero-order valence-electron chi connectivity index (χ0n) is 10.8. The predicted octanol–water partition coefficient (Wildman–Crippen LogP) is 2.25. The van der Waals surface area contributed by atoms with Crippen LogP contribution < -0.4 is 5.32 Å². The lowest BCUT2D eigenvalue weighted by Gasteiger charge is -2.18. The highest BCUT2D eigenvalue weighted by molar-refractivity contribution is 5.63. The Labute approximate surface area is 107 Å².